The number of ketones is 1. The average Bonchev–Trinajstić information content (AvgIpc) is 2.73. The standard InChI is InChI=1S/C22H26N2O3/c1-23(2)19-8-4-18(5-9-19)22(26)24-14-12-17(13-15-24)21(25)16-6-10-20(27-3)11-7-16/h4-11,17H,12-15H2,1-3H3. The van der Waals surface area contributed by atoms with Gasteiger partial charge in [0.2, 0.25) is 0 Å². The van der Waals surface area contributed by atoms with Gasteiger partial charge >= 0.3 is 0 Å². The molecule has 0 N–H and O–H groups in total. The topological polar surface area (TPSA) is 49.9 Å². The van der Waals surface area contributed by atoms with Gasteiger partial charge in [-0.1, -0.05) is 0 Å². The molecule has 27 heavy (non-hydrogen) atoms. The highest BCUT2D eigenvalue weighted by molar-refractivity contribution is 5.98. The van der Waals surface area contributed by atoms with Crippen molar-refractivity contribution in [1.29, 1.82) is 0 Å². The molecule has 1 heterocycles. The van der Waals surface area contributed by atoms with Crippen LogP contribution in [0.25, 0.3) is 0 Å². The summed E-state index contributed by atoms with van der Waals surface area (Å²) in [6.07, 6.45) is 1.40. The minimum Gasteiger partial charge on any atom is -0.497 e. The fourth-order valence-corrected chi connectivity index (χ4v) is 3.42. The van der Waals surface area contributed by atoms with Crippen molar-refractivity contribution in [3.63, 3.8) is 0 Å². The second kappa shape index (κ2) is 8.25. The van der Waals surface area contributed by atoms with Crippen LogP contribution >= 0.6 is 0 Å². The summed E-state index contributed by atoms with van der Waals surface area (Å²) in [5.41, 5.74) is 2.47. The lowest BCUT2D eigenvalue weighted by Crippen LogP contribution is -2.40. The summed E-state index contributed by atoms with van der Waals surface area (Å²) in [7, 11) is 5.56. The highest BCUT2D eigenvalue weighted by atomic mass is 16.5. The van der Waals surface area contributed by atoms with Crippen molar-refractivity contribution in [1.82, 2.24) is 4.90 Å². The lowest BCUT2D eigenvalue weighted by atomic mass is 9.88. The molecular formula is C22H26N2O3. The van der Waals surface area contributed by atoms with Gasteiger partial charge in [0.05, 0.1) is 7.11 Å². The molecule has 142 valence electrons. The fourth-order valence-electron chi connectivity index (χ4n) is 3.42. The fraction of sp³-hybridized carbons (Fsp3) is 0.364. The van der Waals surface area contributed by atoms with Gasteiger partial charge in [0.1, 0.15) is 5.75 Å². The van der Waals surface area contributed by atoms with Gasteiger partial charge < -0.3 is 14.5 Å². The van der Waals surface area contributed by atoms with Crippen LogP contribution in [0, 0.1) is 5.92 Å². The first-order chi connectivity index (χ1) is 13.0. The molecule has 0 aliphatic carbocycles. The number of anilines is 1. The van der Waals surface area contributed by atoms with Crippen LogP contribution in [0.1, 0.15) is 33.6 Å². The molecule has 0 radical (unpaired) electrons. The van der Waals surface area contributed by atoms with Crippen LogP contribution in [0.3, 0.4) is 0 Å². The van der Waals surface area contributed by atoms with Crippen LogP contribution in [0.15, 0.2) is 48.5 Å². The number of carbonyl (C=O) groups excluding carboxylic acids is 2. The van der Waals surface area contributed by atoms with Crippen molar-refractivity contribution in [3.8, 4) is 5.75 Å². The molecule has 0 saturated carbocycles. The van der Waals surface area contributed by atoms with E-state index in [2.05, 4.69) is 0 Å². The van der Waals surface area contributed by atoms with E-state index in [0.717, 1.165) is 11.4 Å². The van der Waals surface area contributed by atoms with E-state index in [9.17, 15) is 9.59 Å². The van der Waals surface area contributed by atoms with Gasteiger partial charge in [-0.15, -0.1) is 0 Å². The molecule has 0 spiro atoms. The van der Waals surface area contributed by atoms with Crippen molar-refractivity contribution in [3.05, 3.63) is 59.7 Å². The van der Waals surface area contributed by atoms with Gasteiger partial charge in [-0.3, -0.25) is 9.59 Å². The number of amides is 1. The van der Waals surface area contributed by atoms with Gasteiger partial charge in [-0.2, -0.15) is 0 Å². The number of Topliss-reactive ketones (excluding diaryl/α,β-unsaturated/α-hetero) is 1. The highest BCUT2D eigenvalue weighted by Crippen LogP contribution is 2.24. The number of carbonyl (C=O) groups is 2. The third-order valence-corrected chi connectivity index (χ3v) is 5.16. The number of likely N-dealkylation sites (tertiary alicyclic amines) is 1. The van der Waals surface area contributed by atoms with Crippen LogP contribution in [-0.4, -0.2) is 50.9 Å². The summed E-state index contributed by atoms with van der Waals surface area (Å²) < 4.78 is 5.14. The normalized spacial score (nSPS) is 14.7. The third-order valence-electron chi connectivity index (χ3n) is 5.16. The minimum atomic E-state index is -0.0291. The largest absolute Gasteiger partial charge is 0.497 e. The second-order valence-electron chi connectivity index (χ2n) is 7.10. The van der Waals surface area contributed by atoms with Gasteiger partial charge in [0.25, 0.3) is 5.91 Å². The first kappa shape index (κ1) is 19.0. The monoisotopic (exact) mass is 366 g/mol. The molecule has 5 heteroatoms. The molecule has 1 amide bonds. The van der Waals surface area contributed by atoms with E-state index >= 15 is 0 Å². The Kier molecular flexibility index (Phi) is 5.79. The molecule has 1 aliphatic rings. The van der Waals surface area contributed by atoms with Crippen molar-refractivity contribution >= 4 is 17.4 Å². The summed E-state index contributed by atoms with van der Waals surface area (Å²) in [6.45, 7) is 1.22. The summed E-state index contributed by atoms with van der Waals surface area (Å²) in [5.74, 6) is 0.904. The van der Waals surface area contributed by atoms with E-state index in [4.69, 9.17) is 4.74 Å². The molecule has 1 fully saturated rings. The molecule has 0 bridgehead atoms. The van der Waals surface area contributed by atoms with Gasteiger partial charge in [-0.05, 0) is 61.4 Å². The Bertz CT molecular complexity index is 789. The van der Waals surface area contributed by atoms with Crippen molar-refractivity contribution < 1.29 is 14.3 Å². The maximum absolute atomic E-state index is 12.7. The SMILES string of the molecule is COc1ccc(C(=O)C2CCN(C(=O)c3ccc(N(C)C)cc3)CC2)cc1. The van der Waals surface area contributed by atoms with Gasteiger partial charge in [-0.25, -0.2) is 0 Å². The van der Waals surface area contributed by atoms with Crippen molar-refractivity contribution in [2.75, 3.05) is 39.2 Å². The van der Waals surface area contributed by atoms with Crippen LogP contribution < -0.4 is 9.64 Å². The second-order valence-corrected chi connectivity index (χ2v) is 7.10. The van der Waals surface area contributed by atoms with Crippen LogP contribution in [0.5, 0.6) is 5.75 Å². The maximum atomic E-state index is 12.7. The Morgan fingerprint density at radius 2 is 1.48 bits per heavy atom. The van der Waals surface area contributed by atoms with Crippen LogP contribution in [-0.2, 0) is 0 Å². The molecule has 3 rings (SSSR count). The number of nitrogens with zero attached hydrogens (tertiary/aromatic N) is 2. The van der Waals surface area contributed by atoms with E-state index < -0.39 is 0 Å². The van der Waals surface area contributed by atoms with E-state index in [1.165, 1.54) is 0 Å². The van der Waals surface area contributed by atoms with E-state index in [1.54, 1.807) is 7.11 Å². The number of piperidine rings is 1. The quantitative estimate of drug-likeness (QED) is 0.760. The number of ether oxygens (including phenoxy) is 1. The Balaban J connectivity index is 1.59. The molecule has 1 saturated heterocycles. The molecule has 2 aromatic carbocycles. The van der Waals surface area contributed by atoms with E-state index in [0.29, 0.717) is 37.1 Å². The lowest BCUT2D eigenvalue weighted by Gasteiger charge is -2.31. The van der Waals surface area contributed by atoms with Gasteiger partial charge in [0, 0.05) is 49.9 Å². The first-order valence-corrected chi connectivity index (χ1v) is 9.24. The maximum Gasteiger partial charge on any atom is 0.253 e. The third kappa shape index (κ3) is 4.30. The molecule has 5 nitrogen and oxygen atoms in total. The van der Waals surface area contributed by atoms with E-state index in [1.807, 2.05) is 72.4 Å². The first-order valence-electron chi connectivity index (χ1n) is 9.24. The van der Waals surface area contributed by atoms with Crippen molar-refractivity contribution in [2.24, 2.45) is 5.92 Å². The van der Waals surface area contributed by atoms with Crippen molar-refractivity contribution in [2.45, 2.75) is 12.8 Å². The Morgan fingerprint density at radius 1 is 0.926 bits per heavy atom. The smallest absolute Gasteiger partial charge is 0.253 e. The van der Waals surface area contributed by atoms with Gasteiger partial charge in [0.15, 0.2) is 5.78 Å². The predicted molar refractivity (Wildman–Crippen MR) is 107 cm³/mol. The minimum absolute atomic E-state index is 0.0291. The lowest BCUT2D eigenvalue weighted by molar-refractivity contribution is 0.0650. The highest BCUT2D eigenvalue weighted by Gasteiger charge is 2.28. The molecule has 1 aliphatic heterocycles. The zero-order chi connectivity index (χ0) is 19.4. The zero-order valence-electron chi connectivity index (χ0n) is 16.1. The van der Waals surface area contributed by atoms with Crippen LogP contribution in [0.2, 0.25) is 0 Å². The molecule has 0 aromatic heterocycles. The summed E-state index contributed by atoms with van der Waals surface area (Å²) in [6, 6.07) is 14.9. The Hall–Kier alpha value is -2.82. The Morgan fingerprint density at radius 3 is 2.00 bits per heavy atom. The molecular weight excluding hydrogens is 340 g/mol. The average molecular weight is 366 g/mol. The summed E-state index contributed by atoms with van der Waals surface area (Å²) in [4.78, 5) is 29.3. The summed E-state index contributed by atoms with van der Waals surface area (Å²) >= 11 is 0. The Labute approximate surface area is 160 Å². The van der Waals surface area contributed by atoms with Crippen LogP contribution in [0.4, 0.5) is 5.69 Å². The number of rotatable bonds is 5. The van der Waals surface area contributed by atoms with E-state index in [-0.39, 0.29) is 17.6 Å². The number of methoxy groups -OCH3 is 1. The predicted octanol–water partition coefficient (Wildman–Crippen LogP) is 3.50. The molecule has 2 aromatic rings. The summed E-state index contributed by atoms with van der Waals surface area (Å²) in [5, 5.41) is 0. The zero-order valence-corrected chi connectivity index (χ0v) is 16.1. The molecule has 0 unspecified atom stereocenters. The number of hydrogen-bond donors (Lipinski definition) is 0. The number of benzene rings is 2. The number of hydrogen-bond acceptors (Lipinski definition) is 4. The molecule has 0 atom stereocenters.